The Labute approximate surface area is 176 Å². The van der Waals surface area contributed by atoms with Crippen molar-refractivity contribution in [1.82, 2.24) is 14.9 Å². The van der Waals surface area contributed by atoms with E-state index in [0.29, 0.717) is 11.1 Å². The molecular weight excluding hydrogens is 413 g/mol. The maximum Gasteiger partial charge on any atom is 0.344 e. The monoisotopic (exact) mass is 439 g/mol. The van der Waals surface area contributed by atoms with Gasteiger partial charge in [-0.15, -0.1) is 0 Å². The molecule has 8 nitrogen and oxygen atoms in total. The Bertz CT molecular complexity index is 855. The van der Waals surface area contributed by atoms with Gasteiger partial charge in [0.15, 0.2) is 0 Å². The van der Waals surface area contributed by atoms with E-state index in [1.807, 2.05) is 37.4 Å². The molecule has 0 spiro atoms. The molecule has 2 aromatic rings. The van der Waals surface area contributed by atoms with Gasteiger partial charge in [-0.3, -0.25) is 9.46 Å². The summed E-state index contributed by atoms with van der Waals surface area (Å²) in [7, 11) is 1.76. The smallest absolute Gasteiger partial charge is 0.344 e. The number of piperidine rings is 1. The van der Waals surface area contributed by atoms with Gasteiger partial charge in [0.1, 0.15) is 24.2 Å². The van der Waals surface area contributed by atoms with Gasteiger partial charge >= 0.3 is 7.60 Å². The summed E-state index contributed by atoms with van der Waals surface area (Å²) in [6, 6.07) is 9.76. The highest BCUT2D eigenvalue weighted by molar-refractivity contribution is 7.53. The molecule has 1 aliphatic rings. The minimum atomic E-state index is -3.05. The fourth-order valence-electron chi connectivity index (χ4n) is 3.42. The van der Waals surface area contributed by atoms with Crippen LogP contribution in [0.4, 0.5) is 17.3 Å². The first-order chi connectivity index (χ1) is 13.9. The molecule has 1 aromatic heterocycles. The maximum atomic E-state index is 12.4. The Hall–Kier alpha value is -1.70. The van der Waals surface area contributed by atoms with E-state index in [1.165, 1.54) is 14.2 Å². The molecule has 1 N–H and O–H groups in total. The van der Waals surface area contributed by atoms with Crippen LogP contribution in [0, 0.1) is 0 Å². The van der Waals surface area contributed by atoms with Gasteiger partial charge in [0.25, 0.3) is 0 Å². The summed E-state index contributed by atoms with van der Waals surface area (Å²) in [5.41, 5.74) is 0.878. The molecular formula is C19H27ClN5O3P. The van der Waals surface area contributed by atoms with Crippen molar-refractivity contribution >= 4 is 36.5 Å². The van der Waals surface area contributed by atoms with Gasteiger partial charge in [-0.25, -0.2) is 9.97 Å². The van der Waals surface area contributed by atoms with E-state index in [1.54, 1.807) is 6.33 Å². The fourth-order valence-corrected chi connectivity index (χ4v) is 4.76. The Kier molecular flexibility index (Phi) is 7.49. The van der Waals surface area contributed by atoms with Crippen molar-refractivity contribution in [3.63, 3.8) is 0 Å². The standard InChI is InChI=1S/C19H27ClN5O3P/c1-24(14-29(26,27-2)28-3)17-7-9-25(10-8-17)19-12-18(21-13-22-19)23-16-6-4-5-15(20)11-16/h4-6,11-13,17H,7-10,14H2,1-3H3,(H,21,22,23). The summed E-state index contributed by atoms with van der Waals surface area (Å²) >= 11 is 6.04. The van der Waals surface area contributed by atoms with E-state index in [0.717, 1.165) is 43.3 Å². The molecule has 1 saturated heterocycles. The van der Waals surface area contributed by atoms with Crippen molar-refractivity contribution in [2.45, 2.75) is 18.9 Å². The molecule has 1 aliphatic heterocycles. The summed E-state index contributed by atoms with van der Waals surface area (Å²) < 4.78 is 22.5. The summed E-state index contributed by atoms with van der Waals surface area (Å²) in [6.45, 7) is 1.71. The molecule has 0 saturated carbocycles. The third-order valence-corrected chi connectivity index (χ3v) is 7.25. The largest absolute Gasteiger partial charge is 0.356 e. The first-order valence-electron chi connectivity index (χ1n) is 9.43. The molecule has 0 aliphatic carbocycles. The summed E-state index contributed by atoms with van der Waals surface area (Å²) in [5, 5.41) is 3.93. The van der Waals surface area contributed by atoms with Crippen LogP contribution in [0.2, 0.25) is 5.02 Å². The minimum Gasteiger partial charge on any atom is -0.356 e. The molecule has 1 fully saturated rings. The molecule has 29 heavy (non-hydrogen) atoms. The van der Waals surface area contributed by atoms with Gasteiger partial charge in [0.05, 0.1) is 0 Å². The zero-order valence-electron chi connectivity index (χ0n) is 16.9. The number of benzene rings is 1. The number of rotatable bonds is 8. The highest BCUT2D eigenvalue weighted by atomic mass is 35.5. The van der Waals surface area contributed by atoms with Crippen LogP contribution in [0.1, 0.15) is 12.8 Å². The predicted octanol–water partition coefficient (Wildman–Crippen LogP) is 4.22. The number of hydrogen-bond donors (Lipinski definition) is 1. The van der Waals surface area contributed by atoms with E-state index in [-0.39, 0.29) is 6.29 Å². The zero-order chi connectivity index (χ0) is 20.9. The van der Waals surface area contributed by atoms with Crippen LogP contribution < -0.4 is 10.2 Å². The van der Waals surface area contributed by atoms with E-state index < -0.39 is 7.60 Å². The molecule has 1 aromatic carbocycles. The first-order valence-corrected chi connectivity index (χ1v) is 11.5. The summed E-state index contributed by atoms with van der Waals surface area (Å²) in [4.78, 5) is 13.0. The molecule has 0 amide bonds. The van der Waals surface area contributed by atoms with Crippen LogP contribution in [-0.2, 0) is 13.6 Å². The highest BCUT2D eigenvalue weighted by Gasteiger charge is 2.29. The second-order valence-corrected chi connectivity index (χ2v) is 9.66. The van der Waals surface area contributed by atoms with E-state index in [2.05, 4.69) is 25.1 Å². The highest BCUT2D eigenvalue weighted by Crippen LogP contribution is 2.47. The number of hydrogen-bond acceptors (Lipinski definition) is 8. The second kappa shape index (κ2) is 9.87. The van der Waals surface area contributed by atoms with E-state index in [4.69, 9.17) is 20.6 Å². The Morgan fingerprint density at radius 2 is 1.97 bits per heavy atom. The lowest BCUT2D eigenvalue weighted by molar-refractivity contribution is 0.201. The Morgan fingerprint density at radius 3 is 2.62 bits per heavy atom. The van der Waals surface area contributed by atoms with Crippen molar-refractivity contribution < 1.29 is 13.6 Å². The number of halogens is 1. The van der Waals surface area contributed by atoms with Gasteiger partial charge in [0, 0.05) is 50.1 Å². The fraction of sp³-hybridized carbons (Fsp3) is 0.474. The third kappa shape index (κ3) is 5.90. The molecule has 0 bridgehead atoms. The Morgan fingerprint density at radius 1 is 1.24 bits per heavy atom. The van der Waals surface area contributed by atoms with Crippen LogP contribution in [0.15, 0.2) is 36.7 Å². The molecule has 10 heteroatoms. The van der Waals surface area contributed by atoms with E-state index in [9.17, 15) is 4.57 Å². The van der Waals surface area contributed by atoms with Crippen molar-refractivity contribution in [3.8, 4) is 0 Å². The number of nitrogens with one attached hydrogen (secondary N) is 1. The lowest BCUT2D eigenvalue weighted by Gasteiger charge is -2.37. The van der Waals surface area contributed by atoms with Crippen LogP contribution in [0.3, 0.4) is 0 Å². The SMILES string of the molecule is COP(=O)(CN(C)C1CCN(c2cc(Nc3cccc(Cl)c3)ncn2)CC1)OC. The van der Waals surface area contributed by atoms with E-state index >= 15 is 0 Å². The van der Waals surface area contributed by atoms with Gasteiger partial charge in [0.2, 0.25) is 0 Å². The first kappa shape index (κ1) is 22.0. The van der Waals surface area contributed by atoms with Gasteiger partial charge in [-0.2, -0.15) is 0 Å². The number of anilines is 3. The second-order valence-electron chi connectivity index (χ2n) is 6.99. The lowest BCUT2D eigenvalue weighted by Crippen LogP contribution is -2.44. The van der Waals surface area contributed by atoms with Crippen molar-refractivity contribution in [2.24, 2.45) is 0 Å². The molecule has 0 atom stereocenters. The van der Waals surface area contributed by atoms with Crippen LogP contribution in [0.25, 0.3) is 0 Å². The topological polar surface area (TPSA) is 79.8 Å². The zero-order valence-corrected chi connectivity index (χ0v) is 18.6. The Balaban J connectivity index is 1.59. The van der Waals surface area contributed by atoms with Gasteiger partial charge in [-0.05, 0) is 38.1 Å². The van der Waals surface area contributed by atoms with Crippen LogP contribution >= 0.6 is 19.2 Å². The number of nitrogens with zero attached hydrogens (tertiary/aromatic N) is 4. The molecule has 0 radical (unpaired) electrons. The maximum absolute atomic E-state index is 12.4. The molecule has 158 valence electrons. The summed E-state index contributed by atoms with van der Waals surface area (Å²) in [5.74, 6) is 1.60. The van der Waals surface area contributed by atoms with Gasteiger partial charge < -0.3 is 19.3 Å². The molecule has 3 rings (SSSR count). The average Bonchev–Trinajstić information content (AvgIpc) is 2.74. The molecule has 0 unspecified atom stereocenters. The van der Waals surface area contributed by atoms with Crippen LogP contribution in [0.5, 0.6) is 0 Å². The van der Waals surface area contributed by atoms with Crippen molar-refractivity contribution in [2.75, 3.05) is 50.9 Å². The number of aromatic nitrogens is 2. The molecule has 2 heterocycles. The summed E-state index contributed by atoms with van der Waals surface area (Å²) in [6.07, 6.45) is 3.72. The average molecular weight is 440 g/mol. The minimum absolute atomic E-state index is 0.284. The van der Waals surface area contributed by atoms with Crippen molar-refractivity contribution in [3.05, 3.63) is 41.7 Å². The van der Waals surface area contributed by atoms with Crippen LogP contribution in [-0.4, -0.2) is 61.6 Å². The third-order valence-electron chi connectivity index (χ3n) is 5.11. The van der Waals surface area contributed by atoms with Gasteiger partial charge in [-0.1, -0.05) is 17.7 Å². The quantitative estimate of drug-likeness (QED) is 0.612. The normalized spacial score (nSPS) is 15.7. The predicted molar refractivity (Wildman–Crippen MR) is 116 cm³/mol. The van der Waals surface area contributed by atoms with Crippen molar-refractivity contribution in [1.29, 1.82) is 0 Å². The lowest BCUT2D eigenvalue weighted by atomic mass is 10.0.